The number of ether oxygens (including phenoxy) is 2. The molecule has 0 saturated carbocycles. The number of allylic oxidation sites excluding steroid dienone is 1. The second-order valence-corrected chi connectivity index (χ2v) is 6.10. The van der Waals surface area contributed by atoms with Gasteiger partial charge in [0.1, 0.15) is 0 Å². The van der Waals surface area contributed by atoms with Crippen molar-refractivity contribution in [1.29, 1.82) is 0 Å². The number of hydrogen-bond acceptors (Lipinski definition) is 5. The van der Waals surface area contributed by atoms with Gasteiger partial charge in [-0.2, -0.15) is 0 Å². The molecule has 3 aromatic rings. The normalized spacial score (nSPS) is 10.5. The van der Waals surface area contributed by atoms with Crippen LogP contribution >= 0.6 is 15.9 Å². The van der Waals surface area contributed by atoms with Crippen molar-refractivity contribution < 1.29 is 13.9 Å². The van der Waals surface area contributed by atoms with Crippen LogP contribution in [-0.4, -0.2) is 17.3 Å². The standard InChI is InChI=1S/C19H17BrN2O3/c1-3-6-13-9-10-16(17(11-13)23-2)24-12-18-21-22-19(25-18)14-7-4-5-8-15(14)20/h3-5,7-11H,1,6,12H2,2H3. The van der Waals surface area contributed by atoms with Crippen LogP contribution in [0.25, 0.3) is 11.5 Å². The maximum Gasteiger partial charge on any atom is 0.254 e. The molecule has 0 saturated heterocycles. The smallest absolute Gasteiger partial charge is 0.254 e. The van der Waals surface area contributed by atoms with Gasteiger partial charge in [0.15, 0.2) is 18.1 Å². The van der Waals surface area contributed by atoms with Crippen molar-refractivity contribution in [2.45, 2.75) is 13.0 Å². The summed E-state index contributed by atoms with van der Waals surface area (Å²) in [6.45, 7) is 3.90. The molecule has 2 aromatic carbocycles. The Balaban J connectivity index is 1.72. The number of nitrogens with zero attached hydrogens (tertiary/aromatic N) is 2. The average Bonchev–Trinajstić information content (AvgIpc) is 3.10. The van der Waals surface area contributed by atoms with Gasteiger partial charge in [-0.3, -0.25) is 0 Å². The first-order valence-corrected chi connectivity index (χ1v) is 8.48. The summed E-state index contributed by atoms with van der Waals surface area (Å²) >= 11 is 3.47. The molecule has 0 atom stereocenters. The Morgan fingerprint density at radius 3 is 2.76 bits per heavy atom. The first kappa shape index (κ1) is 17.2. The molecule has 1 aromatic heterocycles. The maximum absolute atomic E-state index is 5.77. The number of hydrogen-bond donors (Lipinski definition) is 0. The van der Waals surface area contributed by atoms with Gasteiger partial charge in [-0.05, 0) is 52.2 Å². The van der Waals surface area contributed by atoms with Crippen molar-refractivity contribution in [3.63, 3.8) is 0 Å². The highest BCUT2D eigenvalue weighted by Crippen LogP contribution is 2.30. The highest BCUT2D eigenvalue weighted by molar-refractivity contribution is 9.10. The average molecular weight is 401 g/mol. The van der Waals surface area contributed by atoms with E-state index in [9.17, 15) is 0 Å². The van der Waals surface area contributed by atoms with Gasteiger partial charge in [-0.1, -0.05) is 24.3 Å². The van der Waals surface area contributed by atoms with Gasteiger partial charge in [-0.25, -0.2) is 0 Å². The molecule has 0 aliphatic heterocycles. The Morgan fingerprint density at radius 2 is 2.00 bits per heavy atom. The maximum atomic E-state index is 5.77. The predicted octanol–water partition coefficient (Wildman–Crippen LogP) is 4.82. The fourth-order valence-corrected chi connectivity index (χ4v) is 2.77. The lowest BCUT2D eigenvalue weighted by molar-refractivity contribution is 0.251. The van der Waals surface area contributed by atoms with Gasteiger partial charge in [0.05, 0.1) is 12.7 Å². The zero-order valence-electron chi connectivity index (χ0n) is 13.7. The third kappa shape index (κ3) is 4.09. The number of aromatic nitrogens is 2. The third-order valence-electron chi connectivity index (χ3n) is 3.53. The predicted molar refractivity (Wildman–Crippen MR) is 98.7 cm³/mol. The van der Waals surface area contributed by atoms with E-state index in [0.717, 1.165) is 22.0 Å². The summed E-state index contributed by atoms with van der Waals surface area (Å²) in [6, 6.07) is 13.4. The van der Waals surface area contributed by atoms with Crippen molar-refractivity contribution in [3.8, 4) is 23.0 Å². The zero-order valence-corrected chi connectivity index (χ0v) is 15.3. The van der Waals surface area contributed by atoms with E-state index >= 15 is 0 Å². The monoisotopic (exact) mass is 400 g/mol. The Kier molecular flexibility index (Phi) is 5.50. The summed E-state index contributed by atoms with van der Waals surface area (Å²) in [5.74, 6) is 2.11. The van der Waals surface area contributed by atoms with E-state index < -0.39 is 0 Å². The fourth-order valence-electron chi connectivity index (χ4n) is 2.32. The van der Waals surface area contributed by atoms with Crippen LogP contribution in [0.2, 0.25) is 0 Å². The topological polar surface area (TPSA) is 57.4 Å². The molecule has 0 amide bonds. The number of rotatable bonds is 7. The van der Waals surface area contributed by atoms with Crippen molar-refractivity contribution in [1.82, 2.24) is 10.2 Å². The highest BCUT2D eigenvalue weighted by Gasteiger charge is 2.13. The van der Waals surface area contributed by atoms with Gasteiger partial charge in [0.2, 0.25) is 5.89 Å². The molecular formula is C19H17BrN2O3. The molecule has 128 valence electrons. The Morgan fingerprint density at radius 1 is 1.16 bits per heavy atom. The lowest BCUT2D eigenvalue weighted by Gasteiger charge is -2.10. The molecule has 1 heterocycles. The van der Waals surface area contributed by atoms with E-state index in [-0.39, 0.29) is 6.61 Å². The van der Waals surface area contributed by atoms with Gasteiger partial charge in [0.25, 0.3) is 5.89 Å². The highest BCUT2D eigenvalue weighted by atomic mass is 79.9. The van der Waals surface area contributed by atoms with Crippen molar-refractivity contribution in [2.24, 2.45) is 0 Å². The number of benzene rings is 2. The van der Waals surface area contributed by atoms with Crippen molar-refractivity contribution >= 4 is 15.9 Å². The molecule has 0 unspecified atom stereocenters. The molecule has 0 aliphatic carbocycles. The second-order valence-electron chi connectivity index (χ2n) is 5.25. The molecule has 0 N–H and O–H groups in total. The van der Waals surface area contributed by atoms with Crippen LogP contribution in [0.3, 0.4) is 0 Å². The second kappa shape index (κ2) is 7.98. The van der Waals surface area contributed by atoms with E-state index in [1.807, 2.05) is 48.5 Å². The van der Waals surface area contributed by atoms with E-state index in [4.69, 9.17) is 13.9 Å². The van der Waals surface area contributed by atoms with Crippen LogP contribution in [0, 0.1) is 0 Å². The summed E-state index contributed by atoms with van der Waals surface area (Å²) < 4.78 is 17.7. The van der Waals surface area contributed by atoms with Crippen molar-refractivity contribution in [3.05, 3.63) is 71.0 Å². The summed E-state index contributed by atoms with van der Waals surface area (Å²) in [6.07, 6.45) is 2.62. The summed E-state index contributed by atoms with van der Waals surface area (Å²) in [4.78, 5) is 0. The molecular weight excluding hydrogens is 384 g/mol. The summed E-state index contributed by atoms with van der Waals surface area (Å²) in [5.41, 5.74) is 1.95. The molecule has 3 rings (SSSR count). The Bertz CT molecular complexity index is 877. The lowest BCUT2D eigenvalue weighted by Crippen LogP contribution is -1.98. The summed E-state index contributed by atoms with van der Waals surface area (Å²) in [5, 5.41) is 8.11. The number of methoxy groups -OCH3 is 1. The zero-order chi connectivity index (χ0) is 17.6. The van der Waals surface area contributed by atoms with Crippen LogP contribution in [0.4, 0.5) is 0 Å². The van der Waals surface area contributed by atoms with E-state index in [0.29, 0.717) is 23.3 Å². The minimum absolute atomic E-state index is 0.161. The quantitative estimate of drug-likeness (QED) is 0.532. The van der Waals surface area contributed by atoms with E-state index in [1.54, 1.807) is 7.11 Å². The fraction of sp³-hybridized carbons (Fsp3) is 0.158. The third-order valence-corrected chi connectivity index (χ3v) is 4.22. The van der Waals surface area contributed by atoms with Crippen LogP contribution < -0.4 is 9.47 Å². The first-order valence-electron chi connectivity index (χ1n) is 7.69. The Hall–Kier alpha value is -2.60. The van der Waals surface area contributed by atoms with Gasteiger partial charge >= 0.3 is 0 Å². The summed E-state index contributed by atoms with van der Waals surface area (Å²) in [7, 11) is 1.61. The van der Waals surface area contributed by atoms with Gasteiger partial charge in [0, 0.05) is 4.47 Å². The molecule has 0 fully saturated rings. The van der Waals surface area contributed by atoms with Crippen LogP contribution in [0.1, 0.15) is 11.5 Å². The van der Waals surface area contributed by atoms with Crippen LogP contribution in [0.5, 0.6) is 11.5 Å². The molecule has 5 nitrogen and oxygen atoms in total. The molecule has 0 aliphatic rings. The molecule has 25 heavy (non-hydrogen) atoms. The lowest BCUT2D eigenvalue weighted by atomic mass is 10.1. The molecule has 0 bridgehead atoms. The first-order chi connectivity index (χ1) is 12.2. The Labute approximate surface area is 154 Å². The SMILES string of the molecule is C=CCc1ccc(OCc2nnc(-c3ccccc3Br)o2)c(OC)c1. The van der Waals surface area contributed by atoms with Crippen LogP contribution in [-0.2, 0) is 13.0 Å². The molecule has 6 heteroatoms. The minimum Gasteiger partial charge on any atom is -0.493 e. The van der Waals surface area contributed by atoms with Gasteiger partial charge < -0.3 is 13.9 Å². The van der Waals surface area contributed by atoms with E-state index in [2.05, 4.69) is 32.7 Å². The van der Waals surface area contributed by atoms with Gasteiger partial charge in [-0.15, -0.1) is 16.8 Å². The minimum atomic E-state index is 0.161. The number of halogens is 1. The van der Waals surface area contributed by atoms with Crippen molar-refractivity contribution in [2.75, 3.05) is 7.11 Å². The van der Waals surface area contributed by atoms with E-state index in [1.165, 1.54) is 0 Å². The largest absolute Gasteiger partial charge is 0.493 e. The molecule has 0 spiro atoms. The van der Waals surface area contributed by atoms with Crippen LogP contribution in [0.15, 0.2) is 64.0 Å². The molecule has 0 radical (unpaired) electrons.